The highest BCUT2D eigenvalue weighted by Crippen LogP contribution is 2.34. The molecule has 0 aliphatic carbocycles. The predicted molar refractivity (Wildman–Crippen MR) is 86.9 cm³/mol. The first kappa shape index (κ1) is 16.3. The summed E-state index contributed by atoms with van der Waals surface area (Å²) in [6, 6.07) is 5.49. The number of thiophene rings is 1. The van der Waals surface area contributed by atoms with Crippen molar-refractivity contribution in [1.29, 1.82) is 0 Å². The third-order valence-corrected chi connectivity index (χ3v) is 4.79. The number of fused-ring (bicyclic) bond motifs is 1. The summed E-state index contributed by atoms with van der Waals surface area (Å²) in [6.45, 7) is 5.21. The van der Waals surface area contributed by atoms with Crippen LogP contribution in [0, 0.1) is 6.92 Å². The van der Waals surface area contributed by atoms with Gasteiger partial charge in [0, 0.05) is 10.7 Å². The van der Waals surface area contributed by atoms with E-state index in [1.165, 1.54) is 16.2 Å². The van der Waals surface area contributed by atoms with Crippen LogP contribution >= 0.6 is 11.3 Å². The Kier molecular flexibility index (Phi) is 4.71. The molecule has 118 valence electrons. The maximum atomic E-state index is 12.7. The monoisotopic (exact) mass is 321 g/mol. The van der Waals surface area contributed by atoms with Crippen molar-refractivity contribution in [3.05, 3.63) is 28.6 Å². The number of nitrogens with zero attached hydrogens (tertiary/aromatic N) is 1. The van der Waals surface area contributed by atoms with E-state index in [1.54, 1.807) is 7.11 Å². The number of carbonyl (C=O) groups is 2. The second-order valence-electron chi connectivity index (χ2n) is 5.34. The van der Waals surface area contributed by atoms with Gasteiger partial charge in [0.15, 0.2) is 0 Å². The Bertz CT molecular complexity index is 720. The Morgan fingerprint density at radius 3 is 2.59 bits per heavy atom. The zero-order chi connectivity index (χ0) is 16.4. The molecule has 2 aromatic rings. The Labute approximate surface area is 133 Å². The highest BCUT2D eigenvalue weighted by Gasteiger charge is 2.25. The van der Waals surface area contributed by atoms with Gasteiger partial charge in [0.1, 0.15) is 12.3 Å². The number of hydrogen-bond acceptors (Lipinski definition) is 4. The number of rotatable bonds is 5. The molecule has 0 unspecified atom stereocenters. The van der Waals surface area contributed by atoms with Crippen molar-refractivity contribution >= 4 is 33.3 Å². The Balaban J connectivity index is 2.46. The minimum atomic E-state index is -1.01. The minimum absolute atomic E-state index is 0.178. The summed E-state index contributed by atoms with van der Waals surface area (Å²) >= 11 is 1.38. The van der Waals surface area contributed by atoms with E-state index in [9.17, 15) is 9.59 Å². The van der Waals surface area contributed by atoms with Crippen molar-refractivity contribution in [2.45, 2.75) is 26.8 Å². The molecule has 0 aliphatic heterocycles. The molecule has 1 aromatic carbocycles. The molecule has 0 saturated heterocycles. The number of carbonyl (C=O) groups excluding carboxylic acids is 1. The first-order valence-electron chi connectivity index (χ1n) is 6.95. The average Bonchev–Trinajstić information content (AvgIpc) is 2.80. The molecule has 5 nitrogen and oxygen atoms in total. The quantitative estimate of drug-likeness (QED) is 0.918. The Hall–Kier alpha value is -2.08. The second kappa shape index (κ2) is 6.36. The van der Waals surface area contributed by atoms with Crippen molar-refractivity contribution in [3.8, 4) is 5.75 Å². The molecule has 0 spiro atoms. The van der Waals surface area contributed by atoms with Crippen LogP contribution in [-0.4, -0.2) is 41.6 Å². The van der Waals surface area contributed by atoms with Gasteiger partial charge in [-0.3, -0.25) is 9.59 Å². The van der Waals surface area contributed by atoms with Gasteiger partial charge in [0.25, 0.3) is 5.91 Å². The maximum absolute atomic E-state index is 12.7. The van der Waals surface area contributed by atoms with Crippen LogP contribution in [0.25, 0.3) is 10.1 Å². The number of benzene rings is 1. The summed E-state index contributed by atoms with van der Waals surface area (Å²) in [4.78, 5) is 25.6. The van der Waals surface area contributed by atoms with Crippen molar-refractivity contribution in [2.24, 2.45) is 0 Å². The van der Waals surface area contributed by atoms with E-state index in [0.717, 1.165) is 21.4 Å². The van der Waals surface area contributed by atoms with Crippen LogP contribution in [0.4, 0.5) is 0 Å². The van der Waals surface area contributed by atoms with Crippen LogP contribution in [0.1, 0.15) is 29.1 Å². The average molecular weight is 321 g/mol. The van der Waals surface area contributed by atoms with Crippen LogP contribution in [0.2, 0.25) is 0 Å². The summed E-state index contributed by atoms with van der Waals surface area (Å²) in [7, 11) is 1.60. The molecule has 22 heavy (non-hydrogen) atoms. The van der Waals surface area contributed by atoms with Gasteiger partial charge in [-0.2, -0.15) is 0 Å². The number of carboxylic acid groups (broad SMARTS) is 1. The number of ether oxygens (including phenoxy) is 1. The number of aryl methyl sites for hydroxylation is 1. The maximum Gasteiger partial charge on any atom is 0.323 e. The normalized spacial score (nSPS) is 11.0. The van der Waals surface area contributed by atoms with E-state index in [2.05, 4.69) is 0 Å². The lowest BCUT2D eigenvalue weighted by Gasteiger charge is -2.24. The third kappa shape index (κ3) is 3.06. The molecular weight excluding hydrogens is 302 g/mol. The molecule has 6 heteroatoms. The van der Waals surface area contributed by atoms with Gasteiger partial charge in [0.2, 0.25) is 0 Å². The Morgan fingerprint density at radius 2 is 2.05 bits per heavy atom. The fourth-order valence-corrected chi connectivity index (χ4v) is 3.44. The first-order valence-corrected chi connectivity index (χ1v) is 7.76. The second-order valence-corrected chi connectivity index (χ2v) is 6.39. The van der Waals surface area contributed by atoms with Gasteiger partial charge < -0.3 is 14.7 Å². The highest BCUT2D eigenvalue weighted by molar-refractivity contribution is 7.21. The molecule has 0 bridgehead atoms. The lowest BCUT2D eigenvalue weighted by molar-refractivity contribution is -0.138. The van der Waals surface area contributed by atoms with Gasteiger partial charge in [0.05, 0.1) is 12.0 Å². The van der Waals surface area contributed by atoms with E-state index in [4.69, 9.17) is 9.84 Å². The van der Waals surface area contributed by atoms with Crippen LogP contribution < -0.4 is 4.74 Å². The van der Waals surface area contributed by atoms with E-state index < -0.39 is 5.97 Å². The van der Waals surface area contributed by atoms with Crippen LogP contribution in [-0.2, 0) is 4.79 Å². The van der Waals surface area contributed by atoms with Crippen LogP contribution in [0.15, 0.2) is 18.2 Å². The fourth-order valence-electron chi connectivity index (χ4n) is 2.30. The van der Waals surface area contributed by atoms with Crippen molar-refractivity contribution in [1.82, 2.24) is 4.90 Å². The predicted octanol–water partition coefficient (Wildman–Crippen LogP) is 3.15. The molecule has 2 rings (SSSR count). The SMILES string of the molecule is COc1ccc2sc(C(=O)N(CC(=O)O)C(C)C)c(C)c2c1. The summed E-state index contributed by atoms with van der Waals surface area (Å²) in [5.74, 6) is -0.517. The van der Waals surface area contributed by atoms with Crippen molar-refractivity contribution in [2.75, 3.05) is 13.7 Å². The lowest BCUT2D eigenvalue weighted by atomic mass is 10.1. The number of aliphatic carboxylic acids is 1. The zero-order valence-electron chi connectivity index (χ0n) is 13.0. The van der Waals surface area contributed by atoms with Gasteiger partial charge >= 0.3 is 5.97 Å². The van der Waals surface area contributed by atoms with E-state index in [1.807, 2.05) is 39.0 Å². The van der Waals surface area contributed by atoms with Gasteiger partial charge in [-0.15, -0.1) is 11.3 Å². The van der Waals surface area contributed by atoms with Crippen LogP contribution in [0.3, 0.4) is 0 Å². The topological polar surface area (TPSA) is 66.8 Å². The first-order chi connectivity index (χ1) is 10.3. The summed E-state index contributed by atoms with van der Waals surface area (Å²) in [5.41, 5.74) is 0.861. The fraction of sp³-hybridized carbons (Fsp3) is 0.375. The number of methoxy groups -OCH3 is 1. The molecular formula is C16H19NO4S. The van der Waals surface area contributed by atoms with E-state index in [0.29, 0.717) is 4.88 Å². The largest absolute Gasteiger partial charge is 0.497 e. The van der Waals surface area contributed by atoms with Gasteiger partial charge in [-0.25, -0.2) is 0 Å². The minimum Gasteiger partial charge on any atom is -0.497 e. The van der Waals surface area contributed by atoms with Crippen molar-refractivity contribution in [3.63, 3.8) is 0 Å². The van der Waals surface area contributed by atoms with E-state index in [-0.39, 0.29) is 18.5 Å². The van der Waals surface area contributed by atoms with Gasteiger partial charge in [-0.1, -0.05) is 0 Å². The molecule has 0 atom stereocenters. The zero-order valence-corrected chi connectivity index (χ0v) is 13.9. The molecule has 1 N–H and O–H groups in total. The standard InChI is InChI=1S/C16H19NO4S/c1-9(2)17(8-14(18)19)16(20)15-10(3)12-7-11(21-4)5-6-13(12)22-15/h5-7,9H,8H2,1-4H3,(H,18,19). The highest BCUT2D eigenvalue weighted by atomic mass is 32.1. The summed E-state index contributed by atoms with van der Waals surface area (Å²) in [5, 5.41) is 9.96. The smallest absolute Gasteiger partial charge is 0.323 e. The molecule has 1 amide bonds. The number of amides is 1. The molecule has 0 aliphatic rings. The van der Waals surface area contributed by atoms with Gasteiger partial charge in [-0.05, 0) is 49.9 Å². The number of hydrogen-bond donors (Lipinski definition) is 1. The molecule has 0 saturated carbocycles. The lowest BCUT2D eigenvalue weighted by Crippen LogP contribution is -2.40. The Morgan fingerprint density at radius 1 is 1.36 bits per heavy atom. The molecule has 1 heterocycles. The molecule has 0 radical (unpaired) electrons. The summed E-state index contributed by atoms with van der Waals surface area (Å²) < 4.78 is 6.20. The van der Waals surface area contributed by atoms with E-state index >= 15 is 0 Å². The number of carboxylic acids is 1. The third-order valence-electron chi connectivity index (χ3n) is 3.53. The summed E-state index contributed by atoms with van der Waals surface area (Å²) in [6.07, 6.45) is 0. The van der Waals surface area contributed by atoms with Crippen molar-refractivity contribution < 1.29 is 19.4 Å². The van der Waals surface area contributed by atoms with Crippen LogP contribution in [0.5, 0.6) is 5.75 Å². The molecule has 1 aromatic heterocycles. The molecule has 0 fully saturated rings.